The minimum Gasteiger partial charge on any atom is -0.480 e. The van der Waals surface area contributed by atoms with E-state index in [9.17, 15) is 4.79 Å². The Morgan fingerprint density at radius 2 is 2.28 bits per heavy atom. The third-order valence-corrected chi connectivity index (χ3v) is 3.05. The van der Waals surface area contributed by atoms with Gasteiger partial charge in [0.25, 0.3) is 0 Å². The van der Waals surface area contributed by atoms with Crippen LogP contribution in [0.15, 0.2) is 6.20 Å². The quantitative estimate of drug-likeness (QED) is 0.761. The molecule has 1 rings (SSSR count). The first-order chi connectivity index (χ1) is 8.36. The minimum absolute atomic E-state index is 0.103. The molecule has 0 bridgehead atoms. The second kappa shape index (κ2) is 5.95. The zero-order valence-electron chi connectivity index (χ0n) is 11.3. The van der Waals surface area contributed by atoms with Crippen LogP contribution in [0.3, 0.4) is 0 Å². The monoisotopic (exact) mass is 254 g/mol. The van der Waals surface area contributed by atoms with Crippen molar-refractivity contribution in [3.8, 4) is 0 Å². The second-order valence-electron chi connectivity index (χ2n) is 5.22. The van der Waals surface area contributed by atoms with Crippen molar-refractivity contribution >= 4 is 5.97 Å². The Kier molecular flexibility index (Phi) is 4.84. The number of aromatic nitrogens is 3. The zero-order valence-corrected chi connectivity index (χ0v) is 11.3. The molecule has 6 nitrogen and oxygen atoms in total. The van der Waals surface area contributed by atoms with Gasteiger partial charge < -0.3 is 10.8 Å². The molecule has 1 unspecified atom stereocenters. The van der Waals surface area contributed by atoms with Gasteiger partial charge in [-0.1, -0.05) is 25.0 Å². The van der Waals surface area contributed by atoms with Crippen LogP contribution in [0.4, 0.5) is 0 Å². The predicted octanol–water partition coefficient (Wildman–Crippen LogP) is 1.16. The first-order valence-corrected chi connectivity index (χ1v) is 6.27. The van der Waals surface area contributed by atoms with Gasteiger partial charge in [0, 0.05) is 12.6 Å². The summed E-state index contributed by atoms with van der Waals surface area (Å²) >= 11 is 0. The molecule has 0 amide bonds. The van der Waals surface area contributed by atoms with Gasteiger partial charge in [0.2, 0.25) is 0 Å². The molecule has 1 aromatic heterocycles. The fourth-order valence-electron chi connectivity index (χ4n) is 1.72. The maximum Gasteiger partial charge on any atom is 0.320 e. The van der Waals surface area contributed by atoms with E-state index in [1.54, 1.807) is 10.9 Å². The summed E-state index contributed by atoms with van der Waals surface area (Å²) in [6.45, 7) is 6.34. The number of nitrogens with zero attached hydrogens (tertiary/aromatic N) is 3. The molecule has 0 aliphatic rings. The Balaban J connectivity index is 2.70. The summed E-state index contributed by atoms with van der Waals surface area (Å²) in [6.07, 6.45) is 5.26. The topological polar surface area (TPSA) is 94.0 Å². The molecule has 0 saturated heterocycles. The van der Waals surface area contributed by atoms with E-state index in [0.717, 1.165) is 19.3 Å². The van der Waals surface area contributed by atoms with Crippen molar-refractivity contribution in [1.29, 1.82) is 0 Å². The zero-order chi connectivity index (χ0) is 13.8. The summed E-state index contributed by atoms with van der Waals surface area (Å²) in [7, 11) is 0. The van der Waals surface area contributed by atoms with Crippen LogP contribution < -0.4 is 5.73 Å². The highest BCUT2D eigenvalue weighted by atomic mass is 16.4. The van der Waals surface area contributed by atoms with E-state index >= 15 is 0 Å². The Morgan fingerprint density at radius 3 is 2.83 bits per heavy atom. The summed E-state index contributed by atoms with van der Waals surface area (Å²) in [5.74, 6) is -1.02. The molecule has 0 spiro atoms. The largest absolute Gasteiger partial charge is 0.480 e. The molecule has 0 aliphatic heterocycles. The van der Waals surface area contributed by atoms with Crippen LogP contribution >= 0.6 is 0 Å². The Hall–Kier alpha value is -1.43. The third kappa shape index (κ3) is 3.80. The van der Waals surface area contributed by atoms with Crippen molar-refractivity contribution in [2.45, 2.75) is 58.0 Å². The van der Waals surface area contributed by atoms with E-state index in [4.69, 9.17) is 10.8 Å². The van der Waals surface area contributed by atoms with E-state index in [0.29, 0.717) is 5.69 Å². The molecule has 0 fully saturated rings. The maximum absolute atomic E-state index is 10.7. The lowest BCUT2D eigenvalue weighted by atomic mass is 9.98. The molecule has 1 heterocycles. The average molecular weight is 254 g/mol. The maximum atomic E-state index is 10.7. The van der Waals surface area contributed by atoms with Crippen LogP contribution in [0, 0.1) is 0 Å². The summed E-state index contributed by atoms with van der Waals surface area (Å²) in [5.41, 5.74) is 5.99. The van der Waals surface area contributed by atoms with E-state index < -0.39 is 12.0 Å². The molecule has 102 valence electrons. The van der Waals surface area contributed by atoms with Gasteiger partial charge in [0.15, 0.2) is 0 Å². The van der Waals surface area contributed by atoms with E-state index in [1.165, 1.54) is 0 Å². The van der Waals surface area contributed by atoms with Gasteiger partial charge >= 0.3 is 5.97 Å². The van der Waals surface area contributed by atoms with Gasteiger partial charge in [-0.15, -0.1) is 5.10 Å². The van der Waals surface area contributed by atoms with Crippen LogP contribution in [0.5, 0.6) is 0 Å². The van der Waals surface area contributed by atoms with E-state index in [-0.39, 0.29) is 12.0 Å². The Morgan fingerprint density at radius 1 is 1.61 bits per heavy atom. The van der Waals surface area contributed by atoms with E-state index in [2.05, 4.69) is 31.1 Å². The second-order valence-corrected chi connectivity index (χ2v) is 5.22. The molecule has 0 aliphatic carbocycles. The minimum atomic E-state index is -1.02. The molecule has 6 heteroatoms. The van der Waals surface area contributed by atoms with Crippen LogP contribution in [-0.4, -0.2) is 32.1 Å². The summed E-state index contributed by atoms with van der Waals surface area (Å²) < 4.78 is 1.80. The number of hydrogen-bond acceptors (Lipinski definition) is 4. The number of carbonyl (C=O) groups is 1. The lowest BCUT2D eigenvalue weighted by Gasteiger charge is -2.24. The van der Waals surface area contributed by atoms with Crippen molar-refractivity contribution in [3.05, 3.63) is 11.9 Å². The van der Waals surface area contributed by atoms with Gasteiger partial charge in [-0.25, -0.2) is 4.68 Å². The number of unbranched alkanes of at least 4 members (excludes halogenated alkanes) is 1. The van der Waals surface area contributed by atoms with Gasteiger partial charge in [-0.3, -0.25) is 4.79 Å². The molecule has 0 aromatic carbocycles. The highest BCUT2D eigenvalue weighted by Gasteiger charge is 2.22. The van der Waals surface area contributed by atoms with Crippen LogP contribution in [-0.2, 0) is 16.8 Å². The fourth-order valence-corrected chi connectivity index (χ4v) is 1.72. The summed E-state index contributed by atoms with van der Waals surface area (Å²) in [4.78, 5) is 10.7. The van der Waals surface area contributed by atoms with Crippen molar-refractivity contribution < 1.29 is 9.90 Å². The van der Waals surface area contributed by atoms with Crippen molar-refractivity contribution in [2.75, 3.05) is 0 Å². The summed E-state index contributed by atoms with van der Waals surface area (Å²) in [6, 6.07) is -0.922. The molecule has 3 N–H and O–H groups in total. The average Bonchev–Trinajstić information content (AvgIpc) is 2.75. The lowest BCUT2D eigenvalue weighted by Crippen LogP contribution is -2.32. The predicted molar refractivity (Wildman–Crippen MR) is 68.2 cm³/mol. The van der Waals surface area contributed by atoms with Crippen molar-refractivity contribution in [1.82, 2.24) is 15.0 Å². The molecule has 18 heavy (non-hydrogen) atoms. The molecule has 1 aromatic rings. The number of aliphatic carboxylic acids is 1. The normalized spacial score (nSPS) is 13.6. The SMILES string of the molecule is CCCCC(C)(C)n1cc(CC(N)C(=O)O)nn1. The Labute approximate surface area is 107 Å². The van der Waals surface area contributed by atoms with Crippen molar-refractivity contribution in [2.24, 2.45) is 5.73 Å². The molecule has 1 atom stereocenters. The van der Waals surface area contributed by atoms with Gasteiger partial charge in [-0.05, 0) is 20.3 Å². The van der Waals surface area contributed by atoms with Crippen LogP contribution in [0.2, 0.25) is 0 Å². The number of carboxylic acids is 1. The van der Waals surface area contributed by atoms with Gasteiger partial charge in [-0.2, -0.15) is 0 Å². The number of nitrogens with two attached hydrogens (primary N) is 1. The molecular weight excluding hydrogens is 232 g/mol. The molecule has 0 radical (unpaired) electrons. The number of rotatable bonds is 7. The van der Waals surface area contributed by atoms with Crippen LogP contribution in [0.25, 0.3) is 0 Å². The highest BCUT2D eigenvalue weighted by molar-refractivity contribution is 5.73. The first kappa shape index (κ1) is 14.6. The standard InChI is InChI=1S/C12H22N4O2/c1-4-5-6-12(2,3)16-8-9(14-15-16)7-10(13)11(17)18/h8,10H,4-7,13H2,1-3H3,(H,17,18). The number of carboxylic acid groups (broad SMARTS) is 1. The van der Waals surface area contributed by atoms with Gasteiger partial charge in [0.1, 0.15) is 6.04 Å². The first-order valence-electron chi connectivity index (χ1n) is 6.27. The molecule has 0 saturated carbocycles. The molecular formula is C12H22N4O2. The smallest absolute Gasteiger partial charge is 0.320 e. The fraction of sp³-hybridized carbons (Fsp3) is 0.750. The lowest BCUT2D eigenvalue weighted by molar-refractivity contribution is -0.138. The van der Waals surface area contributed by atoms with E-state index in [1.807, 2.05) is 0 Å². The van der Waals surface area contributed by atoms with Crippen LogP contribution in [0.1, 0.15) is 45.7 Å². The third-order valence-electron chi connectivity index (χ3n) is 3.05. The highest BCUT2D eigenvalue weighted by Crippen LogP contribution is 2.21. The number of hydrogen-bond donors (Lipinski definition) is 2. The van der Waals surface area contributed by atoms with Crippen molar-refractivity contribution in [3.63, 3.8) is 0 Å². The van der Waals surface area contributed by atoms with Gasteiger partial charge in [0.05, 0.1) is 11.2 Å². The Bertz CT molecular complexity index is 401. The summed E-state index contributed by atoms with van der Waals surface area (Å²) in [5, 5.41) is 16.8.